The lowest BCUT2D eigenvalue weighted by atomic mass is 9.97. The first kappa shape index (κ1) is 19.0. The summed E-state index contributed by atoms with van der Waals surface area (Å²) in [7, 11) is 3.31. The van der Waals surface area contributed by atoms with Crippen LogP contribution in [0.4, 0.5) is 0 Å². The summed E-state index contributed by atoms with van der Waals surface area (Å²) in [5.41, 5.74) is 2.22. The number of allylic oxidation sites excluding steroid dienone is 2. The van der Waals surface area contributed by atoms with E-state index in [1.54, 1.807) is 14.2 Å². The molecule has 0 saturated heterocycles. The van der Waals surface area contributed by atoms with Gasteiger partial charge in [-0.25, -0.2) is 0 Å². The molecular weight excluding hydrogens is 338 g/mol. The lowest BCUT2D eigenvalue weighted by molar-refractivity contribution is -0.122. The third-order valence-electron chi connectivity index (χ3n) is 5.01. The summed E-state index contributed by atoms with van der Waals surface area (Å²) in [5.74, 6) is 2.10. The third kappa shape index (κ3) is 5.36. The molecule has 27 heavy (non-hydrogen) atoms. The standard InChI is InChI=1S/C23H27NO3/c1-26-20-11-7-18(8-12-20)15-22(19-9-13-21(27-2)14-10-19)24-23(25)16-17-5-3-4-6-17/h3,5,7-14,17,22H,4,6,15-16H2,1-2H3,(H,24,25)/t17-,22-/m0/s1. The second-order valence-electron chi connectivity index (χ2n) is 6.92. The smallest absolute Gasteiger partial charge is 0.221 e. The highest BCUT2D eigenvalue weighted by Gasteiger charge is 2.19. The van der Waals surface area contributed by atoms with Gasteiger partial charge in [-0.1, -0.05) is 36.4 Å². The van der Waals surface area contributed by atoms with Crippen molar-refractivity contribution in [2.75, 3.05) is 14.2 Å². The van der Waals surface area contributed by atoms with Crippen molar-refractivity contribution in [3.8, 4) is 11.5 Å². The number of carbonyl (C=O) groups excluding carboxylic acids is 1. The number of amides is 1. The maximum atomic E-state index is 12.6. The Hall–Kier alpha value is -2.75. The SMILES string of the molecule is COc1ccc(C[C@H](NC(=O)C[C@H]2C=CCC2)c2ccc(OC)cc2)cc1. The Morgan fingerprint density at radius 2 is 1.67 bits per heavy atom. The van der Waals surface area contributed by atoms with Crippen molar-refractivity contribution >= 4 is 5.91 Å². The minimum absolute atomic E-state index is 0.0813. The Morgan fingerprint density at radius 1 is 1.04 bits per heavy atom. The van der Waals surface area contributed by atoms with Crippen LogP contribution in [-0.2, 0) is 11.2 Å². The molecule has 1 aliphatic carbocycles. The highest BCUT2D eigenvalue weighted by molar-refractivity contribution is 5.77. The first-order chi connectivity index (χ1) is 13.2. The van der Waals surface area contributed by atoms with Crippen LogP contribution in [0.5, 0.6) is 11.5 Å². The van der Waals surface area contributed by atoms with Crippen molar-refractivity contribution in [1.29, 1.82) is 0 Å². The van der Waals surface area contributed by atoms with Crippen molar-refractivity contribution in [2.24, 2.45) is 5.92 Å². The number of rotatable bonds is 8. The van der Waals surface area contributed by atoms with Gasteiger partial charge in [0, 0.05) is 6.42 Å². The van der Waals surface area contributed by atoms with E-state index in [4.69, 9.17) is 9.47 Å². The second kappa shape index (κ2) is 9.26. The molecule has 4 nitrogen and oxygen atoms in total. The van der Waals surface area contributed by atoms with E-state index in [0.29, 0.717) is 12.3 Å². The molecule has 0 bridgehead atoms. The largest absolute Gasteiger partial charge is 0.497 e. The van der Waals surface area contributed by atoms with Crippen molar-refractivity contribution < 1.29 is 14.3 Å². The molecule has 0 aliphatic heterocycles. The Kier molecular flexibility index (Phi) is 6.53. The second-order valence-corrected chi connectivity index (χ2v) is 6.92. The lowest BCUT2D eigenvalue weighted by Gasteiger charge is -2.21. The summed E-state index contributed by atoms with van der Waals surface area (Å²) in [4.78, 5) is 12.6. The van der Waals surface area contributed by atoms with Crippen molar-refractivity contribution in [1.82, 2.24) is 5.32 Å². The molecule has 0 radical (unpaired) electrons. The molecule has 2 aromatic rings. The van der Waals surface area contributed by atoms with Gasteiger partial charge in [-0.2, -0.15) is 0 Å². The van der Waals surface area contributed by atoms with Crippen LogP contribution in [0, 0.1) is 5.92 Å². The zero-order chi connectivity index (χ0) is 19.1. The highest BCUT2D eigenvalue weighted by atomic mass is 16.5. The van der Waals surface area contributed by atoms with E-state index in [2.05, 4.69) is 17.5 Å². The quantitative estimate of drug-likeness (QED) is 0.703. The maximum Gasteiger partial charge on any atom is 0.221 e. The van der Waals surface area contributed by atoms with Gasteiger partial charge in [-0.05, 0) is 60.6 Å². The van der Waals surface area contributed by atoms with Gasteiger partial charge in [0.2, 0.25) is 5.91 Å². The van der Waals surface area contributed by atoms with E-state index in [1.807, 2.05) is 48.5 Å². The van der Waals surface area contributed by atoms with Crippen molar-refractivity contribution in [3.63, 3.8) is 0 Å². The van der Waals surface area contributed by atoms with Gasteiger partial charge in [-0.3, -0.25) is 4.79 Å². The Labute approximate surface area is 161 Å². The molecule has 0 spiro atoms. The summed E-state index contributed by atoms with van der Waals surface area (Å²) >= 11 is 0. The zero-order valence-electron chi connectivity index (χ0n) is 16.0. The molecule has 1 amide bonds. The van der Waals surface area contributed by atoms with E-state index in [1.165, 1.54) is 0 Å². The van der Waals surface area contributed by atoms with Crippen molar-refractivity contribution in [2.45, 2.75) is 31.7 Å². The van der Waals surface area contributed by atoms with Gasteiger partial charge in [0.25, 0.3) is 0 Å². The van der Waals surface area contributed by atoms with Gasteiger partial charge in [0.05, 0.1) is 20.3 Å². The van der Waals surface area contributed by atoms with Crippen LogP contribution >= 0.6 is 0 Å². The number of ether oxygens (including phenoxy) is 2. The fourth-order valence-electron chi connectivity index (χ4n) is 3.44. The number of hydrogen-bond donors (Lipinski definition) is 1. The summed E-state index contributed by atoms with van der Waals surface area (Å²) in [5, 5.41) is 3.23. The normalized spacial score (nSPS) is 16.7. The number of carbonyl (C=O) groups is 1. The fourth-order valence-corrected chi connectivity index (χ4v) is 3.44. The van der Waals surface area contributed by atoms with E-state index < -0.39 is 0 Å². The number of nitrogens with one attached hydrogen (secondary N) is 1. The molecule has 1 N–H and O–H groups in total. The average Bonchev–Trinajstić information content (AvgIpc) is 3.21. The fraction of sp³-hybridized carbons (Fsp3) is 0.348. The average molecular weight is 365 g/mol. The molecule has 2 aromatic carbocycles. The molecule has 4 heteroatoms. The van der Waals surface area contributed by atoms with Crippen LogP contribution in [-0.4, -0.2) is 20.1 Å². The summed E-state index contributed by atoms with van der Waals surface area (Å²) in [6.07, 6.45) is 7.74. The number of methoxy groups -OCH3 is 2. The van der Waals surface area contributed by atoms with Gasteiger partial charge in [0.15, 0.2) is 0 Å². The molecule has 0 unspecified atom stereocenters. The van der Waals surface area contributed by atoms with E-state index in [9.17, 15) is 4.79 Å². The van der Waals surface area contributed by atoms with Gasteiger partial charge in [0.1, 0.15) is 11.5 Å². The first-order valence-electron chi connectivity index (χ1n) is 9.41. The van der Waals surface area contributed by atoms with Crippen molar-refractivity contribution in [3.05, 3.63) is 71.8 Å². The summed E-state index contributed by atoms with van der Waals surface area (Å²) in [6, 6.07) is 15.8. The monoisotopic (exact) mass is 365 g/mol. The Balaban J connectivity index is 1.73. The third-order valence-corrected chi connectivity index (χ3v) is 5.01. The molecule has 2 atom stereocenters. The van der Waals surface area contributed by atoms with E-state index in [0.717, 1.165) is 41.9 Å². The number of hydrogen-bond acceptors (Lipinski definition) is 3. The maximum absolute atomic E-state index is 12.6. The van der Waals surface area contributed by atoms with Gasteiger partial charge < -0.3 is 14.8 Å². The molecule has 0 heterocycles. The summed E-state index contributed by atoms with van der Waals surface area (Å²) < 4.78 is 10.5. The Morgan fingerprint density at radius 3 is 2.22 bits per heavy atom. The molecule has 0 saturated carbocycles. The first-order valence-corrected chi connectivity index (χ1v) is 9.41. The molecular formula is C23H27NO3. The lowest BCUT2D eigenvalue weighted by Crippen LogP contribution is -2.31. The van der Waals surface area contributed by atoms with Crippen LogP contribution in [0.2, 0.25) is 0 Å². The van der Waals surface area contributed by atoms with E-state index in [-0.39, 0.29) is 11.9 Å². The molecule has 3 rings (SSSR count). The van der Waals surface area contributed by atoms with Crippen LogP contribution in [0.25, 0.3) is 0 Å². The molecule has 1 aliphatic rings. The number of benzene rings is 2. The van der Waals surface area contributed by atoms with Crippen LogP contribution in [0.1, 0.15) is 36.4 Å². The molecule has 0 fully saturated rings. The van der Waals surface area contributed by atoms with Gasteiger partial charge >= 0.3 is 0 Å². The molecule has 0 aromatic heterocycles. The highest BCUT2D eigenvalue weighted by Crippen LogP contribution is 2.25. The topological polar surface area (TPSA) is 47.6 Å². The Bertz CT molecular complexity index is 765. The molecule has 142 valence electrons. The predicted molar refractivity (Wildman–Crippen MR) is 107 cm³/mol. The van der Waals surface area contributed by atoms with Gasteiger partial charge in [-0.15, -0.1) is 0 Å². The van der Waals surface area contributed by atoms with Crippen LogP contribution in [0.3, 0.4) is 0 Å². The minimum Gasteiger partial charge on any atom is -0.497 e. The summed E-state index contributed by atoms with van der Waals surface area (Å²) in [6.45, 7) is 0. The minimum atomic E-state index is -0.0813. The predicted octanol–water partition coefficient (Wildman–Crippen LogP) is 4.46. The zero-order valence-corrected chi connectivity index (χ0v) is 16.0. The van der Waals surface area contributed by atoms with Crippen LogP contribution in [0.15, 0.2) is 60.7 Å². The van der Waals surface area contributed by atoms with E-state index >= 15 is 0 Å². The van der Waals surface area contributed by atoms with Crippen LogP contribution < -0.4 is 14.8 Å².